The third-order valence-electron chi connectivity index (χ3n) is 3.78. The van der Waals surface area contributed by atoms with Crippen LogP contribution in [0.5, 0.6) is 5.88 Å². The Bertz CT molecular complexity index is 441. The molecule has 0 amide bonds. The van der Waals surface area contributed by atoms with E-state index in [0.717, 1.165) is 38.0 Å². The van der Waals surface area contributed by atoms with Gasteiger partial charge >= 0.3 is 0 Å². The molecule has 0 spiro atoms. The molecule has 2 aliphatic rings. The molecule has 0 bridgehead atoms. The van der Waals surface area contributed by atoms with Crippen molar-refractivity contribution < 1.29 is 4.74 Å². The minimum atomic E-state index is 0.497. The summed E-state index contributed by atoms with van der Waals surface area (Å²) in [5.41, 5.74) is 6.66. The van der Waals surface area contributed by atoms with Crippen LogP contribution in [0.4, 0.5) is 11.5 Å². The van der Waals surface area contributed by atoms with Crippen molar-refractivity contribution in [3.63, 3.8) is 0 Å². The lowest BCUT2D eigenvalue weighted by Crippen LogP contribution is -2.47. The Morgan fingerprint density at radius 2 is 2.00 bits per heavy atom. The summed E-state index contributed by atoms with van der Waals surface area (Å²) in [4.78, 5) is 13.2. The first-order valence-electron chi connectivity index (χ1n) is 7.02. The Morgan fingerprint density at radius 1 is 1.26 bits per heavy atom. The molecule has 1 saturated heterocycles. The van der Waals surface area contributed by atoms with E-state index in [-0.39, 0.29) is 0 Å². The molecule has 19 heavy (non-hydrogen) atoms. The Morgan fingerprint density at radius 3 is 2.63 bits per heavy atom. The van der Waals surface area contributed by atoms with Gasteiger partial charge in [-0.1, -0.05) is 0 Å². The lowest BCUT2D eigenvalue weighted by Gasteiger charge is -2.35. The van der Waals surface area contributed by atoms with Gasteiger partial charge in [-0.25, -0.2) is 4.98 Å². The standard InChI is InChI=1S/C13H21N5O/c1-2-19-13-11(14)12(15-9-16-13)18-7-5-17(6-8-18)10-3-4-10/h9-10H,2-8,14H2,1H3. The third-order valence-corrected chi connectivity index (χ3v) is 3.78. The molecule has 1 aliphatic heterocycles. The van der Waals surface area contributed by atoms with Crippen molar-refractivity contribution in [3.05, 3.63) is 6.33 Å². The molecule has 0 aromatic carbocycles. The average Bonchev–Trinajstić information content (AvgIpc) is 3.26. The van der Waals surface area contributed by atoms with Gasteiger partial charge in [0.2, 0.25) is 5.88 Å². The van der Waals surface area contributed by atoms with Crippen LogP contribution in [0.1, 0.15) is 19.8 Å². The molecule has 1 aromatic heterocycles. The van der Waals surface area contributed by atoms with Crippen LogP contribution in [-0.4, -0.2) is 53.7 Å². The van der Waals surface area contributed by atoms with Gasteiger partial charge in [-0.05, 0) is 19.8 Å². The zero-order valence-electron chi connectivity index (χ0n) is 11.4. The van der Waals surface area contributed by atoms with E-state index in [1.807, 2.05) is 6.92 Å². The molecule has 2 N–H and O–H groups in total. The van der Waals surface area contributed by atoms with Crippen molar-refractivity contribution in [1.29, 1.82) is 0 Å². The number of hydrogen-bond acceptors (Lipinski definition) is 6. The predicted molar refractivity (Wildman–Crippen MR) is 74.4 cm³/mol. The van der Waals surface area contributed by atoms with Gasteiger partial charge in [-0.3, -0.25) is 4.90 Å². The zero-order chi connectivity index (χ0) is 13.2. The molecule has 2 fully saturated rings. The average molecular weight is 263 g/mol. The number of nitrogen functional groups attached to an aromatic ring is 1. The van der Waals surface area contributed by atoms with Gasteiger partial charge in [0.15, 0.2) is 5.82 Å². The van der Waals surface area contributed by atoms with Crippen LogP contribution in [0.3, 0.4) is 0 Å². The van der Waals surface area contributed by atoms with Crippen molar-refractivity contribution in [3.8, 4) is 5.88 Å². The third kappa shape index (κ3) is 2.58. The van der Waals surface area contributed by atoms with E-state index in [1.165, 1.54) is 19.2 Å². The molecule has 104 valence electrons. The second kappa shape index (κ2) is 5.21. The van der Waals surface area contributed by atoms with Crippen LogP contribution in [0.15, 0.2) is 6.33 Å². The number of aromatic nitrogens is 2. The quantitative estimate of drug-likeness (QED) is 0.864. The fourth-order valence-corrected chi connectivity index (χ4v) is 2.61. The van der Waals surface area contributed by atoms with E-state index in [9.17, 15) is 0 Å². The smallest absolute Gasteiger partial charge is 0.242 e. The molecular weight excluding hydrogens is 242 g/mol. The molecule has 6 heteroatoms. The summed E-state index contributed by atoms with van der Waals surface area (Å²) in [6, 6.07) is 0.837. The highest BCUT2D eigenvalue weighted by molar-refractivity contribution is 5.67. The maximum Gasteiger partial charge on any atom is 0.242 e. The van der Waals surface area contributed by atoms with Crippen LogP contribution in [0, 0.1) is 0 Å². The number of anilines is 2. The first kappa shape index (κ1) is 12.5. The SMILES string of the molecule is CCOc1ncnc(N2CCN(C3CC3)CC2)c1N. The lowest BCUT2D eigenvalue weighted by molar-refractivity contribution is 0.247. The minimum Gasteiger partial charge on any atom is -0.476 e. The number of rotatable bonds is 4. The molecule has 3 rings (SSSR count). The minimum absolute atomic E-state index is 0.497. The van der Waals surface area contributed by atoms with Crippen LogP contribution in [0.25, 0.3) is 0 Å². The van der Waals surface area contributed by atoms with E-state index < -0.39 is 0 Å². The van der Waals surface area contributed by atoms with Gasteiger partial charge in [0.1, 0.15) is 12.0 Å². The summed E-state index contributed by atoms with van der Waals surface area (Å²) in [6.45, 7) is 6.63. The van der Waals surface area contributed by atoms with Crippen LogP contribution >= 0.6 is 0 Å². The van der Waals surface area contributed by atoms with Crippen molar-refractivity contribution in [1.82, 2.24) is 14.9 Å². The van der Waals surface area contributed by atoms with Crippen LogP contribution in [0.2, 0.25) is 0 Å². The Hall–Kier alpha value is -1.56. The summed E-state index contributed by atoms with van der Waals surface area (Å²) in [5.74, 6) is 1.31. The summed E-state index contributed by atoms with van der Waals surface area (Å²) >= 11 is 0. The molecule has 1 saturated carbocycles. The van der Waals surface area contributed by atoms with E-state index >= 15 is 0 Å². The molecule has 1 aliphatic carbocycles. The summed E-state index contributed by atoms with van der Waals surface area (Å²) < 4.78 is 5.42. The van der Waals surface area contributed by atoms with Gasteiger partial charge in [0.25, 0.3) is 0 Å². The highest BCUT2D eigenvalue weighted by atomic mass is 16.5. The fourth-order valence-electron chi connectivity index (χ4n) is 2.61. The monoisotopic (exact) mass is 263 g/mol. The number of ether oxygens (including phenoxy) is 1. The highest BCUT2D eigenvalue weighted by Gasteiger charge is 2.32. The van der Waals surface area contributed by atoms with Crippen molar-refractivity contribution in [2.24, 2.45) is 0 Å². The zero-order valence-corrected chi connectivity index (χ0v) is 11.4. The van der Waals surface area contributed by atoms with E-state index in [1.54, 1.807) is 0 Å². The lowest BCUT2D eigenvalue weighted by atomic mass is 10.3. The largest absolute Gasteiger partial charge is 0.476 e. The summed E-state index contributed by atoms with van der Waals surface area (Å²) in [6.07, 6.45) is 4.26. The molecule has 0 unspecified atom stereocenters. The second-order valence-corrected chi connectivity index (χ2v) is 5.10. The molecule has 6 nitrogen and oxygen atoms in total. The van der Waals surface area contributed by atoms with E-state index in [2.05, 4.69) is 19.8 Å². The number of piperazine rings is 1. The maximum absolute atomic E-state index is 6.10. The van der Waals surface area contributed by atoms with Crippen molar-refractivity contribution >= 4 is 11.5 Å². The maximum atomic E-state index is 6.10. The number of nitrogens with zero attached hydrogens (tertiary/aromatic N) is 4. The van der Waals surface area contributed by atoms with Crippen molar-refractivity contribution in [2.75, 3.05) is 43.4 Å². The Kier molecular flexibility index (Phi) is 3.42. The van der Waals surface area contributed by atoms with Crippen LogP contribution < -0.4 is 15.4 Å². The predicted octanol–water partition coefficient (Wildman–Crippen LogP) is 0.742. The molecular formula is C13H21N5O. The van der Waals surface area contributed by atoms with Crippen LogP contribution in [-0.2, 0) is 0 Å². The summed E-state index contributed by atoms with van der Waals surface area (Å²) in [7, 11) is 0. The summed E-state index contributed by atoms with van der Waals surface area (Å²) in [5, 5.41) is 0. The second-order valence-electron chi connectivity index (χ2n) is 5.10. The number of hydrogen-bond donors (Lipinski definition) is 1. The van der Waals surface area contributed by atoms with Gasteiger partial charge in [-0.15, -0.1) is 0 Å². The van der Waals surface area contributed by atoms with Gasteiger partial charge < -0.3 is 15.4 Å². The van der Waals surface area contributed by atoms with E-state index in [4.69, 9.17) is 10.5 Å². The molecule has 0 radical (unpaired) electrons. The molecule has 2 heterocycles. The first-order valence-corrected chi connectivity index (χ1v) is 7.02. The van der Waals surface area contributed by atoms with Crippen molar-refractivity contribution in [2.45, 2.75) is 25.8 Å². The highest BCUT2D eigenvalue weighted by Crippen LogP contribution is 2.31. The fraction of sp³-hybridized carbons (Fsp3) is 0.692. The molecule has 0 atom stereocenters. The topological polar surface area (TPSA) is 67.5 Å². The Balaban J connectivity index is 1.70. The number of nitrogens with two attached hydrogens (primary N) is 1. The van der Waals surface area contributed by atoms with Gasteiger partial charge in [-0.2, -0.15) is 4.98 Å². The first-order chi connectivity index (χ1) is 9.29. The van der Waals surface area contributed by atoms with E-state index in [0.29, 0.717) is 18.2 Å². The molecule has 1 aromatic rings. The van der Waals surface area contributed by atoms with Gasteiger partial charge in [0.05, 0.1) is 6.61 Å². The normalized spacial score (nSPS) is 20.6. The Labute approximate surface area is 113 Å². The van der Waals surface area contributed by atoms with Gasteiger partial charge in [0, 0.05) is 32.2 Å².